The number of nitrogens with zero attached hydrogens (tertiary/aromatic N) is 1. The summed E-state index contributed by atoms with van der Waals surface area (Å²) in [4.78, 5) is 0. The minimum atomic E-state index is 0.0635. The zero-order valence-electron chi connectivity index (χ0n) is 13.5. The van der Waals surface area contributed by atoms with Crippen LogP contribution in [0.15, 0.2) is 18.2 Å². The highest BCUT2D eigenvalue weighted by Crippen LogP contribution is 2.34. The Morgan fingerprint density at radius 1 is 1.30 bits per heavy atom. The van der Waals surface area contributed by atoms with E-state index in [1.165, 1.54) is 11.1 Å². The van der Waals surface area contributed by atoms with Crippen molar-refractivity contribution in [2.75, 3.05) is 6.61 Å². The molecule has 0 aromatic heterocycles. The number of rotatable bonds is 6. The highest BCUT2D eigenvalue weighted by atomic mass is 16.5. The second-order valence-electron chi connectivity index (χ2n) is 6.45. The first-order valence-electron chi connectivity index (χ1n) is 7.54. The van der Waals surface area contributed by atoms with Gasteiger partial charge in [-0.25, -0.2) is 0 Å². The van der Waals surface area contributed by atoms with E-state index in [0.717, 1.165) is 25.2 Å². The Balaban J connectivity index is 3.05. The van der Waals surface area contributed by atoms with Crippen molar-refractivity contribution in [2.45, 2.75) is 65.2 Å². The molecule has 0 fully saturated rings. The van der Waals surface area contributed by atoms with Gasteiger partial charge in [-0.05, 0) is 41.4 Å². The second kappa shape index (κ2) is 7.33. The normalized spacial score (nSPS) is 12.8. The summed E-state index contributed by atoms with van der Waals surface area (Å²) >= 11 is 0. The lowest BCUT2D eigenvalue weighted by molar-refractivity contribution is 0.308. The molecule has 0 heterocycles. The molecule has 20 heavy (non-hydrogen) atoms. The first-order valence-corrected chi connectivity index (χ1v) is 7.54. The van der Waals surface area contributed by atoms with E-state index in [-0.39, 0.29) is 5.41 Å². The van der Waals surface area contributed by atoms with Gasteiger partial charge in [0.05, 0.1) is 12.7 Å². The lowest BCUT2D eigenvalue weighted by atomic mass is 9.83. The van der Waals surface area contributed by atoms with Gasteiger partial charge < -0.3 is 4.74 Å². The monoisotopic (exact) mass is 273 g/mol. The fourth-order valence-electron chi connectivity index (χ4n) is 2.23. The summed E-state index contributed by atoms with van der Waals surface area (Å²) < 4.78 is 5.88. The van der Waals surface area contributed by atoms with E-state index in [1.54, 1.807) is 0 Å². The second-order valence-corrected chi connectivity index (χ2v) is 6.45. The summed E-state index contributed by atoms with van der Waals surface area (Å²) in [6, 6.07) is 8.72. The molecule has 0 saturated carbocycles. The van der Waals surface area contributed by atoms with Crippen LogP contribution in [0.1, 0.15) is 70.9 Å². The van der Waals surface area contributed by atoms with Crippen molar-refractivity contribution in [3.8, 4) is 11.8 Å². The van der Waals surface area contributed by atoms with Crippen LogP contribution >= 0.6 is 0 Å². The van der Waals surface area contributed by atoms with Crippen LogP contribution in [0, 0.1) is 11.3 Å². The van der Waals surface area contributed by atoms with E-state index >= 15 is 0 Å². The third-order valence-electron chi connectivity index (χ3n) is 3.53. The lowest BCUT2D eigenvalue weighted by Gasteiger charge is -2.25. The molecule has 2 nitrogen and oxygen atoms in total. The number of hydrogen-bond acceptors (Lipinski definition) is 2. The van der Waals surface area contributed by atoms with Gasteiger partial charge in [0, 0.05) is 6.42 Å². The Hall–Kier alpha value is -1.49. The standard InChI is InChI=1S/C18H27NO/c1-6-12-20-17-10-9-15(14(2)8-7-11-19)13-16(17)18(3,4)5/h9-10,13-14H,6-8,12H2,1-5H3. The van der Waals surface area contributed by atoms with Crippen molar-refractivity contribution in [3.63, 3.8) is 0 Å². The van der Waals surface area contributed by atoms with Gasteiger partial charge in [-0.3, -0.25) is 0 Å². The summed E-state index contributed by atoms with van der Waals surface area (Å²) in [6.45, 7) is 11.7. The minimum Gasteiger partial charge on any atom is -0.493 e. The van der Waals surface area contributed by atoms with Crippen molar-refractivity contribution in [3.05, 3.63) is 29.3 Å². The van der Waals surface area contributed by atoms with Crippen LogP contribution in [0.2, 0.25) is 0 Å². The topological polar surface area (TPSA) is 33.0 Å². The lowest BCUT2D eigenvalue weighted by Crippen LogP contribution is -2.14. The van der Waals surface area contributed by atoms with E-state index in [4.69, 9.17) is 10.00 Å². The molecule has 0 bridgehead atoms. The summed E-state index contributed by atoms with van der Waals surface area (Å²) in [6.07, 6.45) is 2.54. The van der Waals surface area contributed by atoms with Crippen LogP contribution < -0.4 is 4.74 Å². The predicted molar refractivity (Wildman–Crippen MR) is 84.2 cm³/mol. The van der Waals surface area contributed by atoms with Crippen molar-refractivity contribution < 1.29 is 4.74 Å². The molecule has 0 aliphatic carbocycles. The SMILES string of the molecule is CCCOc1ccc(C(C)CCC#N)cc1C(C)(C)C. The average molecular weight is 273 g/mol. The van der Waals surface area contributed by atoms with Crippen LogP contribution in [0.4, 0.5) is 0 Å². The Morgan fingerprint density at radius 3 is 2.55 bits per heavy atom. The molecule has 0 saturated heterocycles. The van der Waals surface area contributed by atoms with Gasteiger partial charge in [0.25, 0.3) is 0 Å². The Bertz CT molecular complexity index is 465. The predicted octanol–water partition coefficient (Wildman–Crippen LogP) is 5.18. The van der Waals surface area contributed by atoms with Gasteiger partial charge >= 0.3 is 0 Å². The van der Waals surface area contributed by atoms with Crippen LogP contribution in [-0.2, 0) is 5.41 Å². The molecule has 0 amide bonds. The molecule has 1 aromatic rings. The van der Waals surface area contributed by atoms with Crippen molar-refractivity contribution in [1.29, 1.82) is 5.26 Å². The van der Waals surface area contributed by atoms with E-state index < -0.39 is 0 Å². The third-order valence-corrected chi connectivity index (χ3v) is 3.53. The smallest absolute Gasteiger partial charge is 0.123 e. The van der Waals surface area contributed by atoms with E-state index in [9.17, 15) is 0 Å². The van der Waals surface area contributed by atoms with Crippen LogP contribution in [0.5, 0.6) is 5.75 Å². The highest BCUT2D eigenvalue weighted by Gasteiger charge is 2.20. The summed E-state index contributed by atoms with van der Waals surface area (Å²) in [5, 5.41) is 8.72. The number of nitriles is 1. The zero-order chi connectivity index (χ0) is 15.2. The Kier molecular flexibility index (Phi) is 6.07. The van der Waals surface area contributed by atoms with Gasteiger partial charge in [-0.2, -0.15) is 5.26 Å². The number of ether oxygens (including phenoxy) is 1. The van der Waals surface area contributed by atoms with Crippen LogP contribution in [0.25, 0.3) is 0 Å². The molecule has 2 heteroatoms. The molecule has 0 spiro atoms. The average Bonchev–Trinajstić information content (AvgIpc) is 2.41. The first-order chi connectivity index (χ1) is 9.40. The van der Waals surface area contributed by atoms with Gasteiger partial charge in [0.1, 0.15) is 5.75 Å². The molecule has 0 aliphatic rings. The maximum absolute atomic E-state index is 8.72. The van der Waals surface area contributed by atoms with Gasteiger partial charge in [-0.1, -0.05) is 46.8 Å². The highest BCUT2D eigenvalue weighted by molar-refractivity contribution is 5.42. The molecule has 1 aromatic carbocycles. The number of benzene rings is 1. The third kappa shape index (κ3) is 4.56. The van der Waals surface area contributed by atoms with E-state index in [1.807, 2.05) is 0 Å². The fourth-order valence-corrected chi connectivity index (χ4v) is 2.23. The van der Waals surface area contributed by atoms with Gasteiger partial charge in [-0.15, -0.1) is 0 Å². The van der Waals surface area contributed by atoms with Crippen molar-refractivity contribution >= 4 is 0 Å². The molecule has 0 aliphatic heterocycles. The first kappa shape index (κ1) is 16.6. The molecule has 1 unspecified atom stereocenters. The summed E-state index contributed by atoms with van der Waals surface area (Å²) in [5.41, 5.74) is 2.62. The molecule has 0 N–H and O–H groups in total. The molecule has 1 atom stereocenters. The molecular weight excluding hydrogens is 246 g/mol. The largest absolute Gasteiger partial charge is 0.493 e. The Morgan fingerprint density at radius 2 is 2.00 bits per heavy atom. The molecule has 110 valence electrons. The van der Waals surface area contributed by atoms with Crippen molar-refractivity contribution in [1.82, 2.24) is 0 Å². The minimum absolute atomic E-state index is 0.0635. The maximum Gasteiger partial charge on any atom is 0.123 e. The fraction of sp³-hybridized carbons (Fsp3) is 0.611. The zero-order valence-corrected chi connectivity index (χ0v) is 13.5. The number of hydrogen-bond donors (Lipinski definition) is 0. The van der Waals surface area contributed by atoms with Crippen LogP contribution in [0.3, 0.4) is 0 Å². The van der Waals surface area contributed by atoms with E-state index in [2.05, 4.69) is 58.9 Å². The van der Waals surface area contributed by atoms with E-state index in [0.29, 0.717) is 12.3 Å². The summed E-state index contributed by atoms with van der Waals surface area (Å²) in [5.74, 6) is 1.41. The van der Waals surface area contributed by atoms with Crippen LogP contribution in [-0.4, -0.2) is 6.61 Å². The van der Waals surface area contributed by atoms with Crippen molar-refractivity contribution in [2.24, 2.45) is 0 Å². The molecule has 1 rings (SSSR count). The Labute approximate surface area is 123 Å². The maximum atomic E-state index is 8.72. The quantitative estimate of drug-likeness (QED) is 0.715. The summed E-state index contributed by atoms with van der Waals surface area (Å²) in [7, 11) is 0. The van der Waals surface area contributed by atoms with Gasteiger partial charge in [0.15, 0.2) is 0 Å². The van der Waals surface area contributed by atoms with Gasteiger partial charge in [0.2, 0.25) is 0 Å². The molecular formula is C18H27NO. The molecule has 0 radical (unpaired) electrons.